The molecule has 0 spiro atoms. The highest BCUT2D eigenvalue weighted by molar-refractivity contribution is 7.80. The van der Waals surface area contributed by atoms with Gasteiger partial charge in [0.2, 0.25) is 0 Å². The number of fused-ring (bicyclic) bond motifs is 1. The van der Waals surface area contributed by atoms with Gasteiger partial charge in [0.1, 0.15) is 5.75 Å². The van der Waals surface area contributed by atoms with Gasteiger partial charge in [-0.25, -0.2) is 0 Å². The minimum atomic E-state index is -0.484. The molecule has 0 saturated heterocycles. The molecule has 1 amide bonds. The summed E-state index contributed by atoms with van der Waals surface area (Å²) in [5.41, 5.74) is 1.74. The molecule has 0 fully saturated rings. The molecule has 3 rings (SSSR count). The summed E-state index contributed by atoms with van der Waals surface area (Å²) in [6.07, 6.45) is 1.71. The van der Waals surface area contributed by atoms with Gasteiger partial charge in [0.15, 0.2) is 5.11 Å². The molecule has 0 aliphatic rings. The number of carbonyl (C=O) groups excluding carboxylic acids is 1. The number of pyridine rings is 1. The molecule has 1 aromatic heterocycles. The van der Waals surface area contributed by atoms with Gasteiger partial charge >= 0.3 is 0 Å². The van der Waals surface area contributed by atoms with Crippen molar-refractivity contribution in [3.8, 4) is 5.75 Å². The average Bonchev–Trinajstić information content (AvgIpc) is 2.61. The Morgan fingerprint density at radius 1 is 1.19 bits per heavy atom. The summed E-state index contributed by atoms with van der Waals surface area (Å²) in [4.78, 5) is 16.8. The second-order valence-corrected chi connectivity index (χ2v) is 6.50. The molecular weight excluding hydrogens is 393 g/mol. The van der Waals surface area contributed by atoms with Crippen LogP contribution < -0.4 is 15.4 Å². The fraction of sp³-hybridized carbons (Fsp3) is 0.0556. The molecule has 5 nitrogen and oxygen atoms in total. The Labute approximate surface area is 165 Å². The average molecular weight is 406 g/mol. The molecule has 1 heterocycles. The number of nitrogens with one attached hydrogen (secondary N) is 2. The molecule has 3 aromatic rings. The van der Waals surface area contributed by atoms with Gasteiger partial charge in [-0.15, -0.1) is 0 Å². The number of amides is 1. The number of methoxy groups -OCH3 is 1. The number of rotatable bonds is 3. The Balaban J connectivity index is 1.81. The van der Waals surface area contributed by atoms with Gasteiger partial charge in [-0.05, 0) is 48.6 Å². The van der Waals surface area contributed by atoms with Crippen LogP contribution in [0.3, 0.4) is 0 Å². The Kier molecular flexibility index (Phi) is 5.56. The van der Waals surface area contributed by atoms with Crippen molar-refractivity contribution < 1.29 is 9.53 Å². The number of benzene rings is 2. The molecule has 0 aliphatic carbocycles. The van der Waals surface area contributed by atoms with E-state index in [2.05, 4.69) is 15.6 Å². The van der Waals surface area contributed by atoms with E-state index >= 15 is 0 Å². The van der Waals surface area contributed by atoms with Gasteiger partial charge in [0, 0.05) is 22.3 Å². The largest absolute Gasteiger partial charge is 0.494 e. The number of hydrogen-bond donors (Lipinski definition) is 2. The summed E-state index contributed by atoms with van der Waals surface area (Å²) in [6, 6.07) is 12.3. The number of carbonyl (C=O) groups is 1. The number of anilines is 1. The highest BCUT2D eigenvalue weighted by Crippen LogP contribution is 2.32. The zero-order valence-corrected chi connectivity index (χ0v) is 15.9. The highest BCUT2D eigenvalue weighted by Gasteiger charge is 2.18. The smallest absolute Gasteiger partial charge is 0.261 e. The zero-order valence-electron chi connectivity index (χ0n) is 13.5. The van der Waals surface area contributed by atoms with E-state index in [1.165, 1.54) is 19.2 Å². The first kappa shape index (κ1) is 18.4. The number of nitrogens with zero attached hydrogens (tertiary/aromatic N) is 1. The molecule has 0 aliphatic heterocycles. The summed E-state index contributed by atoms with van der Waals surface area (Å²) in [7, 11) is 1.42. The lowest BCUT2D eigenvalue weighted by molar-refractivity contribution is 0.0975. The van der Waals surface area contributed by atoms with Crippen LogP contribution in [0.15, 0.2) is 48.7 Å². The molecule has 2 N–H and O–H groups in total. The van der Waals surface area contributed by atoms with Crippen molar-refractivity contribution in [3.63, 3.8) is 0 Å². The lowest BCUT2D eigenvalue weighted by Gasteiger charge is -2.14. The Bertz CT molecular complexity index is 1010. The molecular formula is C18H13Cl2N3O2S. The van der Waals surface area contributed by atoms with E-state index in [1.807, 2.05) is 30.3 Å². The fourth-order valence-corrected chi connectivity index (χ4v) is 3.25. The number of halogens is 2. The molecule has 26 heavy (non-hydrogen) atoms. The number of thiocarbonyl (C=S) groups is 1. The van der Waals surface area contributed by atoms with Gasteiger partial charge < -0.3 is 10.1 Å². The fourth-order valence-electron chi connectivity index (χ4n) is 2.47. The van der Waals surface area contributed by atoms with Crippen LogP contribution in [0, 0.1) is 0 Å². The summed E-state index contributed by atoms with van der Waals surface area (Å²) in [5.74, 6) is -0.257. The Hall–Kier alpha value is -2.41. The molecule has 0 atom stereocenters. The van der Waals surface area contributed by atoms with Crippen LogP contribution >= 0.6 is 35.4 Å². The topological polar surface area (TPSA) is 63.2 Å². The maximum atomic E-state index is 12.5. The monoisotopic (exact) mass is 405 g/mol. The van der Waals surface area contributed by atoms with E-state index in [-0.39, 0.29) is 21.4 Å². The molecule has 8 heteroatoms. The Morgan fingerprint density at radius 2 is 2.00 bits per heavy atom. The third-order valence-corrected chi connectivity index (χ3v) is 4.28. The minimum Gasteiger partial charge on any atom is -0.494 e. The number of hydrogen-bond acceptors (Lipinski definition) is 4. The van der Waals surface area contributed by atoms with Crippen LogP contribution in [0.1, 0.15) is 10.4 Å². The van der Waals surface area contributed by atoms with Crippen LogP contribution in [0.5, 0.6) is 5.75 Å². The first-order valence-electron chi connectivity index (χ1n) is 7.48. The number of ether oxygens (including phenoxy) is 1. The summed E-state index contributed by atoms with van der Waals surface area (Å²) < 4.78 is 5.19. The van der Waals surface area contributed by atoms with Gasteiger partial charge in [0.05, 0.1) is 23.2 Å². The quantitative estimate of drug-likeness (QED) is 0.619. The summed E-state index contributed by atoms with van der Waals surface area (Å²) >= 11 is 17.3. The second kappa shape index (κ2) is 7.86. The van der Waals surface area contributed by atoms with Crippen molar-refractivity contribution in [2.24, 2.45) is 0 Å². The standard InChI is InChI=1S/C18H13Cl2N3O2S/c1-25-16-12(8-10(19)9-13(16)20)17(24)23-18(26)22-15-6-2-5-14-11(15)4-3-7-21-14/h2-9H,1H3,(H2,22,23,24,26). The maximum absolute atomic E-state index is 12.5. The van der Waals surface area contributed by atoms with Gasteiger partial charge in [-0.1, -0.05) is 29.3 Å². The van der Waals surface area contributed by atoms with Crippen LogP contribution in [0.25, 0.3) is 10.9 Å². The van der Waals surface area contributed by atoms with E-state index in [0.717, 1.165) is 16.6 Å². The minimum absolute atomic E-state index is 0.129. The Morgan fingerprint density at radius 3 is 2.77 bits per heavy atom. The van der Waals surface area contributed by atoms with Crippen LogP contribution in [0.2, 0.25) is 10.0 Å². The first-order chi connectivity index (χ1) is 12.5. The number of aromatic nitrogens is 1. The zero-order chi connectivity index (χ0) is 18.7. The lowest BCUT2D eigenvalue weighted by atomic mass is 10.2. The molecule has 2 aromatic carbocycles. The third-order valence-electron chi connectivity index (χ3n) is 3.58. The SMILES string of the molecule is COc1c(Cl)cc(Cl)cc1C(=O)NC(=S)Nc1cccc2ncccc12. The van der Waals surface area contributed by atoms with Gasteiger partial charge in [0.25, 0.3) is 5.91 Å². The molecule has 132 valence electrons. The first-order valence-corrected chi connectivity index (χ1v) is 8.65. The van der Waals surface area contributed by atoms with Crippen LogP contribution in [-0.4, -0.2) is 23.1 Å². The van der Waals surface area contributed by atoms with E-state index < -0.39 is 5.91 Å². The predicted octanol–water partition coefficient (Wildman–Crippen LogP) is 4.68. The molecule has 0 radical (unpaired) electrons. The van der Waals surface area contributed by atoms with Crippen molar-refractivity contribution in [1.29, 1.82) is 0 Å². The normalized spacial score (nSPS) is 10.4. The van der Waals surface area contributed by atoms with E-state index in [9.17, 15) is 4.79 Å². The second-order valence-electron chi connectivity index (χ2n) is 5.25. The summed E-state index contributed by atoms with van der Waals surface area (Å²) in [5, 5.41) is 7.18. The van der Waals surface area contributed by atoms with Crippen LogP contribution in [-0.2, 0) is 0 Å². The van der Waals surface area contributed by atoms with Crippen molar-refractivity contribution in [1.82, 2.24) is 10.3 Å². The molecule has 0 saturated carbocycles. The van der Waals surface area contributed by atoms with Gasteiger partial charge in [-0.2, -0.15) is 0 Å². The van der Waals surface area contributed by atoms with E-state index in [1.54, 1.807) is 6.20 Å². The van der Waals surface area contributed by atoms with E-state index in [4.69, 9.17) is 40.2 Å². The van der Waals surface area contributed by atoms with E-state index in [0.29, 0.717) is 5.02 Å². The molecule has 0 unspecified atom stereocenters. The molecule has 0 bridgehead atoms. The summed E-state index contributed by atoms with van der Waals surface area (Å²) in [6.45, 7) is 0. The van der Waals surface area contributed by atoms with Gasteiger partial charge in [-0.3, -0.25) is 15.1 Å². The van der Waals surface area contributed by atoms with Crippen molar-refractivity contribution in [2.45, 2.75) is 0 Å². The van der Waals surface area contributed by atoms with Crippen molar-refractivity contribution in [2.75, 3.05) is 12.4 Å². The van der Waals surface area contributed by atoms with Crippen LogP contribution in [0.4, 0.5) is 5.69 Å². The lowest BCUT2D eigenvalue weighted by Crippen LogP contribution is -2.34. The van der Waals surface area contributed by atoms with Crippen molar-refractivity contribution in [3.05, 3.63) is 64.3 Å². The predicted molar refractivity (Wildman–Crippen MR) is 108 cm³/mol. The maximum Gasteiger partial charge on any atom is 0.261 e. The van der Waals surface area contributed by atoms with Crippen molar-refractivity contribution >= 4 is 63.0 Å². The third kappa shape index (κ3) is 3.88. The highest BCUT2D eigenvalue weighted by atomic mass is 35.5.